The van der Waals surface area contributed by atoms with E-state index in [2.05, 4.69) is 10.1 Å². The molecule has 0 spiro atoms. The SMILES string of the molecule is CCOC(=O)NCC(=O)n1cc(F)c(=O)[nH]c1=O. The van der Waals surface area contributed by atoms with Gasteiger partial charge in [0.2, 0.25) is 5.82 Å². The molecule has 0 atom stereocenters. The molecule has 9 heteroatoms. The smallest absolute Gasteiger partial charge is 0.407 e. The molecule has 0 saturated heterocycles. The lowest BCUT2D eigenvalue weighted by Gasteiger charge is -2.05. The van der Waals surface area contributed by atoms with Gasteiger partial charge in [0.05, 0.1) is 12.8 Å². The van der Waals surface area contributed by atoms with Gasteiger partial charge < -0.3 is 10.1 Å². The molecule has 0 aliphatic rings. The van der Waals surface area contributed by atoms with Gasteiger partial charge in [0.25, 0.3) is 11.5 Å². The number of rotatable bonds is 3. The number of hydrogen-bond acceptors (Lipinski definition) is 5. The Morgan fingerprint density at radius 2 is 2.17 bits per heavy atom. The molecule has 0 bridgehead atoms. The van der Waals surface area contributed by atoms with Crippen LogP contribution in [0.15, 0.2) is 15.8 Å². The van der Waals surface area contributed by atoms with Gasteiger partial charge in [-0.05, 0) is 6.92 Å². The van der Waals surface area contributed by atoms with E-state index in [1.54, 1.807) is 11.9 Å². The van der Waals surface area contributed by atoms with Crippen molar-refractivity contribution in [2.75, 3.05) is 13.2 Å². The number of H-pyrrole nitrogens is 1. The topological polar surface area (TPSA) is 110 Å². The summed E-state index contributed by atoms with van der Waals surface area (Å²) in [5.74, 6) is -2.19. The van der Waals surface area contributed by atoms with Crippen LogP contribution in [0.25, 0.3) is 0 Å². The first kappa shape index (κ1) is 13.6. The fourth-order valence-corrected chi connectivity index (χ4v) is 1.05. The summed E-state index contributed by atoms with van der Waals surface area (Å²) >= 11 is 0. The molecular weight excluding hydrogens is 249 g/mol. The predicted molar refractivity (Wildman–Crippen MR) is 56.9 cm³/mol. The molecule has 18 heavy (non-hydrogen) atoms. The fourth-order valence-electron chi connectivity index (χ4n) is 1.05. The van der Waals surface area contributed by atoms with Crippen LogP contribution in [0.2, 0.25) is 0 Å². The van der Waals surface area contributed by atoms with Gasteiger partial charge in [0.1, 0.15) is 6.54 Å². The average Bonchev–Trinajstić information content (AvgIpc) is 2.31. The molecule has 0 aromatic carbocycles. The Balaban J connectivity index is 2.79. The van der Waals surface area contributed by atoms with Crippen LogP contribution in [0.5, 0.6) is 0 Å². The zero-order valence-corrected chi connectivity index (χ0v) is 9.36. The van der Waals surface area contributed by atoms with E-state index < -0.39 is 35.6 Å². The number of alkyl carbamates (subject to hydrolysis) is 1. The highest BCUT2D eigenvalue weighted by Crippen LogP contribution is 1.85. The number of aromatic nitrogens is 2. The van der Waals surface area contributed by atoms with Crippen LogP contribution >= 0.6 is 0 Å². The van der Waals surface area contributed by atoms with Crippen molar-refractivity contribution >= 4 is 12.0 Å². The minimum Gasteiger partial charge on any atom is -0.450 e. The average molecular weight is 259 g/mol. The third kappa shape index (κ3) is 3.27. The molecular formula is C9H10FN3O5. The second-order valence-electron chi connectivity index (χ2n) is 3.07. The van der Waals surface area contributed by atoms with E-state index in [-0.39, 0.29) is 6.61 Å². The molecule has 1 rings (SSSR count). The Kier molecular flexibility index (Phi) is 4.35. The summed E-state index contributed by atoms with van der Waals surface area (Å²) in [5.41, 5.74) is -2.31. The molecule has 0 aliphatic heterocycles. The van der Waals surface area contributed by atoms with Crippen molar-refractivity contribution in [2.24, 2.45) is 0 Å². The molecule has 1 aromatic rings. The number of halogens is 1. The number of nitrogens with one attached hydrogen (secondary N) is 2. The molecule has 8 nitrogen and oxygen atoms in total. The fraction of sp³-hybridized carbons (Fsp3) is 0.333. The number of carbonyl (C=O) groups is 2. The van der Waals surface area contributed by atoms with Crippen LogP contribution in [0.3, 0.4) is 0 Å². The maximum atomic E-state index is 12.9. The van der Waals surface area contributed by atoms with Crippen LogP contribution in [0.1, 0.15) is 11.7 Å². The van der Waals surface area contributed by atoms with Crippen molar-refractivity contribution in [3.05, 3.63) is 32.9 Å². The summed E-state index contributed by atoms with van der Waals surface area (Å²) in [5, 5.41) is 2.06. The lowest BCUT2D eigenvalue weighted by Crippen LogP contribution is -2.40. The van der Waals surface area contributed by atoms with Crippen molar-refractivity contribution < 1.29 is 18.7 Å². The molecule has 0 aliphatic carbocycles. The van der Waals surface area contributed by atoms with E-state index in [9.17, 15) is 23.6 Å². The third-order valence-electron chi connectivity index (χ3n) is 1.83. The van der Waals surface area contributed by atoms with E-state index in [0.29, 0.717) is 10.8 Å². The van der Waals surface area contributed by atoms with Crippen LogP contribution < -0.4 is 16.6 Å². The van der Waals surface area contributed by atoms with Crippen molar-refractivity contribution in [3.63, 3.8) is 0 Å². The van der Waals surface area contributed by atoms with Crippen molar-refractivity contribution in [1.82, 2.24) is 14.9 Å². The Labute approximate surface area is 99.4 Å². The highest BCUT2D eigenvalue weighted by Gasteiger charge is 2.12. The number of nitrogens with zero attached hydrogens (tertiary/aromatic N) is 1. The normalized spacial score (nSPS) is 9.89. The van der Waals surface area contributed by atoms with Crippen molar-refractivity contribution in [3.8, 4) is 0 Å². The van der Waals surface area contributed by atoms with E-state index in [1.807, 2.05) is 0 Å². The zero-order chi connectivity index (χ0) is 13.7. The summed E-state index contributed by atoms with van der Waals surface area (Å²) in [4.78, 5) is 45.8. The summed E-state index contributed by atoms with van der Waals surface area (Å²) in [6, 6.07) is 0. The van der Waals surface area contributed by atoms with E-state index >= 15 is 0 Å². The van der Waals surface area contributed by atoms with Gasteiger partial charge >= 0.3 is 11.8 Å². The van der Waals surface area contributed by atoms with Gasteiger partial charge in [-0.2, -0.15) is 4.39 Å². The lowest BCUT2D eigenvalue weighted by atomic mass is 10.5. The Hall–Kier alpha value is -2.45. The maximum absolute atomic E-state index is 12.9. The van der Waals surface area contributed by atoms with E-state index in [1.165, 1.54) is 0 Å². The minimum atomic E-state index is -1.28. The van der Waals surface area contributed by atoms with Crippen LogP contribution in [-0.4, -0.2) is 34.7 Å². The predicted octanol–water partition coefficient (Wildman–Crippen LogP) is -0.938. The van der Waals surface area contributed by atoms with Gasteiger partial charge in [-0.15, -0.1) is 0 Å². The van der Waals surface area contributed by atoms with Crippen molar-refractivity contribution in [1.29, 1.82) is 0 Å². The second kappa shape index (κ2) is 5.75. The number of amides is 1. The van der Waals surface area contributed by atoms with Crippen molar-refractivity contribution in [2.45, 2.75) is 6.92 Å². The summed E-state index contributed by atoms with van der Waals surface area (Å²) in [6.07, 6.45) is -0.389. The molecule has 0 unspecified atom stereocenters. The Morgan fingerprint density at radius 1 is 1.50 bits per heavy atom. The highest BCUT2D eigenvalue weighted by molar-refractivity contribution is 5.83. The third-order valence-corrected chi connectivity index (χ3v) is 1.83. The summed E-state index contributed by atoms with van der Waals surface area (Å²) in [7, 11) is 0. The van der Waals surface area contributed by atoms with Crippen LogP contribution in [0.4, 0.5) is 9.18 Å². The molecule has 1 amide bonds. The first-order valence-electron chi connectivity index (χ1n) is 4.91. The van der Waals surface area contributed by atoms with Gasteiger partial charge in [-0.1, -0.05) is 0 Å². The van der Waals surface area contributed by atoms with E-state index in [0.717, 1.165) is 0 Å². The van der Waals surface area contributed by atoms with Gasteiger partial charge in [0.15, 0.2) is 0 Å². The Bertz CT molecular complexity index is 576. The van der Waals surface area contributed by atoms with E-state index in [4.69, 9.17) is 0 Å². The standard InChI is InChI=1S/C9H10FN3O5/c1-2-18-9(17)11-3-6(14)13-4-5(10)7(15)12-8(13)16/h4H,2-3H2,1H3,(H,11,17)(H,12,15,16). The number of aromatic amines is 1. The molecule has 0 saturated carbocycles. The molecule has 1 heterocycles. The lowest BCUT2D eigenvalue weighted by molar-refractivity contribution is 0.0893. The summed E-state index contributed by atoms with van der Waals surface area (Å²) < 4.78 is 17.7. The maximum Gasteiger partial charge on any atom is 0.407 e. The second-order valence-corrected chi connectivity index (χ2v) is 3.07. The van der Waals surface area contributed by atoms with Gasteiger partial charge in [-0.3, -0.25) is 14.6 Å². The number of hydrogen-bond donors (Lipinski definition) is 2. The molecule has 0 fully saturated rings. The quantitative estimate of drug-likeness (QED) is 0.728. The van der Waals surface area contributed by atoms with Crippen LogP contribution in [-0.2, 0) is 4.74 Å². The monoisotopic (exact) mass is 259 g/mol. The van der Waals surface area contributed by atoms with Gasteiger partial charge in [-0.25, -0.2) is 14.2 Å². The minimum absolute atomic E-state index is 0.118. The van der Waals surface area contributed by atoms with Gasteiger partial charge in [0, 0.05) is 0 Å². The summed E-state index contributed by atoms with van der Waals surface area (Å²) in [6.45, 7) is 1.13. The number of carbonyl (C=O) groups excluding carboxylic acids is 2. The molecule has 0 radical (unpaired) electrons. The first-order chi connectivity index (χ1) is 8.45. The first-order valence-corrected chi connectivity index (χ1v) is 4.91. The highest BCUT2D eigenvalue weighted by atomic mass is 19.1. The molecule has 98 valence electrons. The Morgan fingerprint density at radius 3 is 2.78 bits per heavy atom. The van der Waals surface area contributed by atoms with Crippen LogP contribution in [0, 0.1) is 5.82 Å². The molecule has 2 N–H and O–H groups in total. The zero-order valence-electron chi connectivity index (χ0n) is 9.36. The number of ether oxygens (including phenoxy) is 1. The molecule has 1 aromatic heterocycles. The largest absolute Gasteiger partial charge is 0.450 e.